The molecular formula is C28H35N5O4. The molecule has 1 unspecified atom stereocenters. The summed E-state index contributed by atoms with van der Waals surface area (Å²) < 4.78 is 4.77. The number of benzene rings is 2. The van der Waals surface area contributed by atoms with Crippen LogP contribution in [0.5, 0.6) is 0 Å². The second-order valence-electron chi connectivity index (χ2n) is 9.97. The van der Waals surface area contributed by atoms with Gasteiger partial charge in [-0.1, -0.05) is 56.3 Å². The Kier molecular flexibility index (Phi) is 7.80. The molecule has 196 valence electrons. The van der Waals surface area contributed by atoms with Crippen molar-refractivity contribution in [1.29, 1.82) is 0 Å². The van der Waals surface area contributed by atoms with Gasteiger partial charge in [-0.3, -0.25) is 14.5 Å². The van der Waals surface area contributed by atoms with Crippen molar-refractivity contribution in [3.05, 3.63) is 71.3 Å². The molecule has 2 aromatic carbocycles. The minimum atomic E-state index is -1.04. The normalized spacial score (nSPS) is 19.8. The fourth-order valence-corrected chi connectivity index (χ4v) is 4.88. The molecule has 0 saturated carbocycles. The average molecular weight is 506 g/mol. The second kappa shape index (κ2) is 11.0. The summed E-state index contributed by atoms with van der Waals surface area (Å²) in [7, 11) is 1.35. The number of ether oxygens (including phenoxy) is 1. The van der Waals surface area contributed by atoms with Crippen LogP contribution >= 0.6 is 0 Å². The van der Waals surface area contributed by atoms with Gasteiger partial charge in [-0.05, 0) is 42.0 Å². The first-order valence-electron chi connectivity index (χ1n) is 12.7. The molecule has 3 amide bonds. The zero-order valence-electron chi connectivity index (χ0n) is 21.7. The van der Waals surface area contributed by atoms with Crippen LogP contribution in [0.4, 0.5) is 4.79 Å². The van der Waals surface area contributed by atoms with Gasteiger partial charge in [0.05, 0.1) is 13.7 Å². The maximum absolute atomic E-state index is 13.8. The third kappa shape index (κ3) is 5.45. The number of guanidine groups is 1. The summed E-state index contributed by atoms with van der Waals surface area (Å²) in [5, 5.41) is 0. The predicted molar refractivity (Wildman–Crippen MR) is 141 cm³/mol. The van der Waals surface area contributed by atoms with E-state index in [0.29, 0.717) is 44.1 Å². The molecule has 0 spiro atoms. The van der Waals surface area contributed by atoms with Crippen LogP contribution in [0.2, 0.25) is 0 Å². The summed E-state index contributed by atoms with van der Waals surface area (Å²) in [6, 6.07) is 16.8. The minimum Gasteiger partial charge on any atom is -0.453 e. The molecule has 0 radical (unpaired) electrons. The van der Waals surface area contributed by atoms with Gasteiger partial charge in [0.25, 0.3) is 11.8 Å². The Hall–Kier alpha value is -3.88. The topological polar surface area (TPSA) is 109 Å². The largest absolute Gasteiger partial charge is 0.453 e. The number of hydrogen-bond donors (Lipinski definition) is 1. The third-order valence-electron chi connectivity index (χ3n) is 7.03. The number of aliphatic imine (C=N–C) groups is 1. The number of carbonyl (C=O) groups is 3. The molecule has 0 aromatic heterocycles. The number of nitrogens with two attached hydrogens (primary N) is 1. The van der Waals surface area contributed by atoms with Gasteiger partial charge in [0, 0.05) is 31.7 Å². The Morgan fingerprint density at radius 1 is 1.03 bits per heavy atom. The zero-order chi connectivity index (χ0) is 26.6. The lowest BCUT2D eigenvalue weighted by molar-refractivity contribution is -0.132. The van der Waals surface area contributed by atoms with E-state index in [1.807, 2.05) is 42.5 Å². The maximum atomic E-state index is 13.8. The molecule has 2 heterocycles. The monoisotopic (exact) mass is 505 g/mol. The molecule has 4 rings (SSSR count). The molecule has 0 aliphatic carbocycles. The fraction of sp³-hybridized carbons (Fsp3) is 0.429. The molecule has 2 aliphatic rings. The summed E-state index contributed by atoms with van der Waals surface area (Å²) in [6.45, 7) is 6.18. The van der Waals surface area contributed by atoms with Crippen LogP contribution in [0.1, 0.15) is 48.2 Å². The SMILES string of the molecule is COC(=O)N1CCN(C(=O)c2cccc(CN3C(=O)C(CCC(C)C)(c4ccccc4)N=C3N)c2)CC1. The summed E-state index contributed by atoms with van der Waals surface area (Å²) in [5.74, 6) is 0.341. The number of rotatable bonds is 7. The second-order valence-corrected chi connectivity index (χ2v) is 9.97. The van der Waals surface area contributed by atoms with Gasteiger partial charge in [0.1, 0.15) is 0 Å². The van der Waals surface area contributed by atoms with Gasteiger partial charge in [0.15, 0.2) is 11.5 Å². The highest BCUT2D eigenvalue weighted by Crippen LogP contribution is 2.38. The molecule has 37 heavy (non-hydrogen) atoms. The first kappa shape index (κ1) is 26.2. The maximum Gasteiger partial charge on any atom is 0.409 e. The van der Waals surface area contributed by atoms with E-state index in [1.54, 1.807) is 21.9 Å². The molecule has 2 aliphatic heterocycles. The van der Waals surface area contributed by atoms with E-state index in [-0.39, 0.29) is 30.4 Å². The van der Waals surface area contributed by atoms with Crippen LogP contribution in [0.15, 0.2) is 59.6 Å². The van der Waals surface area contributed by atoms with Crippen LogP contribution < -0.4 is 5.73 Å². The first-order chi connectivity index (χ1) is 17.7. The molecule has 1 atom stereocenters. The Morgan fingerprint density at radius 3 is 2.35 bits per heavy atom. The van der Waals surface area contributed by atoms with Crippen molar-refractivity contribution in [2.45, 2.75) is 38.8 Å². The molecular weight excluding hydrogens is 470 g/mol. The van der Waals surface area contributed by atoms with Crippen LogP contribution in [-0.2, 0) is 21.6 Å². The summed E-state index contributed by atoms with van der Waals surface area (Å²) in [4.78, 5) is 48.3. The lowest BCUT2D eigenvalue weighted by Crippen LogP contribution is -2.50. The van der Waals surface area contributed by atoms with Gasteiger partial charge in [-0.25, -0.2) is 9.79 Å². The molecule has 0 bridgehead atoms. The van der Waals surface area contributed by atoms with Crippen LogP contribution in [0.25, 0.3) is 0 Å². The fourth-order valence-electron chi connectivity index (χ4n) is 4.88. The average Bonchev–Trinajstić information content (AvgIpc) is 3.17. The van der Waals surface area contributed by atoms with Crippen LogP contribution in [0, 0.1) is 5.92 Å². The third-order valence-corrected chi connectivity index (χ3v) is 7.03. The Balaban J connectivity index is 1.50. The minimum absolute atomic E-state index is 0.115. The van der Waals surface area contributed by atoms with E-state index >= 15 is 0 Å². The first-order valence-corrected chi connectivity index (χ1v) is 12.7. The van der Waals surface area contributed by atoms with E-state index in [1.165, 1.54) is 12.0 Å². The van der Waals surface area contributed by atoms with Crippen molar-refractivity contribution in [2.24, 2.45) is 16.6 Å². The van der Waals surface area contributed by atoms with Gasteiger partial charge < -0.3 is 20.3 Å². The smallest absolute Gasteiger partial charge is 0.409 e. The summed E-state index contributed by atoms with van der Waals surface area (Å²) >= 11 is 0. The highest BCUT2D eigenvalue weighted by atomic mass is 16.5. The molecule has 1 fully saturated rings. The molecule has 2 N–H and O–H groups in total. The van der Waals surface area contributed by atoms with Crippen molar-refractivity contribution in [1.82, 2.24) is 14.7 Å². The zero-order valence-corrected chi connectivity index (χ0v) is 21.7. The van der Waals surface area contributed by atoms with E-state index in [4.69, 9.17) is 15.5 Å². The molecule has 9 nitrogen and oxygen atoms in total. The lowest BCUT2D eigenvalue weighted by Gasteiger charge is -2.34. The number of piperazine rings is 1. The Labute approximate surface area is 217 Å². The van der Waals surface area contributed by atoms with E-state index in [9.17, 15) is 14.4 Å². The van der Waals surface area contributed by atoms with Crippen molar-refractivity contribution in [3.63, 3.8) is 0 Å². The Morgan fingerprint density at radius 2 is 1.70 bits per heavy atom. The highest BCUT2D eigenvalue weighted by molar-refractivity contribution is 6.07. The quantitative estimate of drug-likeness (QED) is 0.622. The van der Waals surface area contributed by atoms with Gasteiger partial charge >= 0.3 is 6.09 Å². The molecule has 1 saturated heterocycles. The van der Waals surface area contributed by atoms with Crippen LogP contribution in [0.3, 0.4) is 0 Å². The lowest BCUT2D eigenvalue weighted by atomic mass is 9.83. The summed E-state index contributed by atoms with van der Waals surface area (Å²) in [6.07, 6.45) is 1.02. The van der Waals surface area contributed by atoms with Crippen molar-refractivity contribution >= 4 is 23.9 Å². The van der Waals surface area contributed by atoms with E-state index in [2.05, 4.69) is 13.8 Å². The van der Waals surface area contributed by atoms with Crippen molar-refractivity contribution in [2.75, 3.05) is 33.3 Å². The number of carbonyl (C=O) groups excluding carboxylic acids is 3. The van der Waals surface area contributed by atoms with E-state index < -0.39 is 5.54 Å². The number of amides is 3. The number of nitrogens with zero attached hydrogens (tertiary/aromatic N) is 4. The van der Waals surface area contributed by atoms with Crippen LogP contribution in [-0.4, -0.2) is 71.9 Å². The highest BCUT2D eigenvalue weighted by Gasteiger charge is 2.48. The standard InChI is InChI=1S/C28H35N5O4/c1-20(2)12-13-28(23-10-5-4-6-11-23)25(35)33(26(29)30-28)19-21-8-7-9-22(18-21)24(34)31-14-16-32(17-15-31)27(36)37-3/h4-11,18,20H,12-17,19H2,1-3H3,(H2,29,30). The van der Waals surface area contributed by atoms with Gasteiger partial charge in [0.2, 0.25) is 0 Å². The predicted octanol–water partition coefficient (Wildman–Crippen LogP) is 3.20. The number of methoxy groups -OCH3 is 1. The van der Waals surface area contributed by atoms with E-state index in [0.717, 1.165) is 17.5 Å². The summed E-state index contributed by atoms with van der Waals surface area (Å²) in [5.41, 5.74) is 7.45. The van der Waals surface area contributed by atoms with Crippen molar-refractivity contribution < 1.29 is 19.1 Å². The Bertz CT molecular complexity index is 1170. The van der Waals surface area contributed by atoms with Gasteiger partial charge in [-0.15, -0.1) is 0 Å². The van der Waals surface area contributed by atoms with Crippen molar-refractivity contribution in [3.8, 4) is 0 Å². The van der Waals surface area contributed by atoms with Gasteiger partial charge in [-0.2, -0.15) is 0 Å². The molecule has 2 aromatic rings. The molecule has 9 heteroatoms. The number of hydrogen-bond acceptors (Lipinski definition) is 6.